The van der Waals surface area contributed by atoms with Gasteiger partial charge in [0.1, 0.15) is 5.69 Å². The lowest BCUT2D eigenvalue weighted by Crippen LogP contribution is -2.28. The molecule has 0 saturated carbocycles. The summed E-state index contributed by atoms with van der Waals surface area (Å²) in [5.41, 5.74) is 2.58. The Bertz CT molecular complexity index is 886. The number of halogens is 1. The fourth-order valence-corrected chi connectivity index (χ4v) is 3.15. The number of carbonyl (C=O) groups is 1. The zero-order valence-corrected chi connectivity index (χ0v) is 14.2. The van der Waals surface area contributed by atoms with Crippen molar-refractivity contribution in [3.63, 3.8) is 0 Å². The molecule has 0 unspecified atom stereocenters. The maximum absolute atomic E-state index is 12.9. The molecule has 2 aromatic heterocycles. The molecule has 0 spiro atoms. The van der Waals surface area contributed by atoms with Gasteiger partial charge in [0.2, 0.25) is 0 Å². The van der Waals surface area contributed by atoms with Crippen molar-refractivity contribution in [3.8, 4) is 16.9 Å². The molecular formula is C18H16ClN5O. The van der Waals surface area contributed by atoms with Crippen molar-refractivity contribution in [1.82, 2.24) is 24.9 Å². The summed E-state index contributed by atoms with van der Waals surface area (Å²) in [7, 11) is 0. The van der Waals surface area contributed by atoms with Crippen LogP contribution in [-0.2, 0) is 0 Å². The van der Waals surface area contributed by atoms with Crippen LogP contribution in [0.2, 0.25) is 5.02 Å². The van der Waals surface area contributed by atoms with E-state index in [0.717, 1.165) is 37.2 Å². The van der Waals surface area contributed by atoms with E-state index in [4.69, 9.17) is 11.6 Å². The number of hydrogen-bond acceptors (Lipinski definition) is 4. The maximum Gasteiger partial charge on any atom is 0.276 e. The van der Waals surface area contributed by atoms with Crippen molar-refractivity contribution < 1.29 is 4.79 Å². The summed E-state index contributed by atoms with van der Waals surface area (Å²) in [6, 6.07) is 11.0. The molecule has 1 aromatic carbocycles. The lowest BCUT2D eigenvalue weighted by atomic mass is 10.1. The number of rotatable bonds is 3. The Hall–Kier alpha value is -2.73. The first-order valence-corrected chi connectivity index (χ1v) is 8.53. The Morgan fingerprint density at radius 1 is 1.08 bits per heavy atom. The largest absolute Gasteiger partial charge is 0.337 e. The van der Waals surface area contributed by atoms with E-state index < -0.39 is 0 Å². The van der Waals surface area contributed by atoms with Crippen LogP contribution in [0.15, 0.2) is 48.8 Å². The zero-order chi connectivity index (χ0) is 17.2. The molecule has 3 aromatic rings. The molecule has 1 aliphatic heterocycles. The van der Waals surface area contributed by atoms with E-state index in [1.807, 2.05) is 29.2 Å². The molecule has 6 nitrogen and oxygen atoms in total. The third-order valence-electron chi connectivity index (χ3n) is 4.27. The van der Waals surface area contributed by atoms with Gasteiger partial charge in [-0.1, -0.05) is 16.8 Å². The van der Waals surface area contributed by atoms with Gasteiger partial charge in [0.15, 0.2) is 5.69 Å². The summed E-state index contributed by atoms with van der Waals surface area (Å²) in [4.78, 5) is 18.9. The number of benzene rings is 1. The minimum atomic E-state index is -0.0865. The Balaban J connectivity index is 1.85. The normalized spacial score (nSPS) is 14.0. The molecule has 0 aliphatic carbocycles. The molecule has 4 rings (SSSR count). The Morgan fingerprint density at radius 2 is 1.84 bits per heavy atom. The van der Waals surface area contributed by atoms with Gasteiger partial charge in [-0.05, 0) is 49.2 Å². The van der Waals surface area contributed by atoms with Crippen LogP contribution >= 0.6 is 11.6 Å². The van der Waals surface area contributed by atoms with E-state index in [0.29, 0.717) is 16.4 Å². The number of aromatic nitrogens is 4. The summed E-state index contributed by atoms with van der Waals surface area (Å²) in [6.45, 7) is 1.53. The van der Waals surface area contributed by atoms with Gasteiger partial charge in [0, 0.05) is 36.1 Å². The summed E-state index contributed by atoms with van der Waals surface area (Å²) >= 11 is 5.98. The predicted molar refractivity (Wildman–Crippen MR) is 94.7 cm³/mol. The number of hydrogen-bond donors (Lipinski definition) is 0. The highest BCUT2D eigenvalue weighted by Gasteiger charge is 2.27. The van der Waals surface area contributed by atoms with Crippen molar-refractivity contribution in [1.29, 1.82) is 0 Å². The standard InChI is InChI=1S/C18H16ClN5O/c19-14-5-7-15(8-6-14)24-17(13-4-3-9-20-12-13)16(21-22-24)18(25)23-10-1-2-11-23/h3-9,12H,1-2,10-11H2. The van der Waals surface area contributed by atoms with Crippen LogP contribution in [0.5, 0.6) is 0 Å². The Labute approximate surface area is 150 Å². The van der Waals surface area contributed by atoms with Crippen molar-refractivity contribution in [2.24, 2.45) is 0 Å². The summed E-state index contributed by atoms with van der Waals surface area (Å²) < 4.78 is 1.66. The van der Waals surface area contributed by atoms with Crippen LogP contribution in [-0.4, -0.2) is 43.9 Å². The van der Waals surface area contributed by atoms with Crippen molar-refractivity contribution in [3.05, 3.63) is 59.5 Å². The van der Waals surface area contributed by atoms with Gasteiger partial charge in [-0.2, -0.15) is 0 Å². The second-order valence-electron chi connectivity index (χ2n) is 5.92. The number of carbonyl (C=O) groups excluding carboxylic acids is 1. The second-order valence-corrected chi connectivity index (χ2v) is 6.35. The highest BCUT2D eigenvalue weighted by molar-refractivity contribution is 6.30. The molecule has 1 aliphatic rings. The van der Waals surface area contributed by atoms with E-state index >= 15 is 0 Å². The summed E-state index contributed by atoms with van der Waals surface area (Å²) in [6.07, 6.45) is 5.46. The van der Waals surface area contributed by atoms with Crippen LogP contribution in [0.1, 0.15) is 23.3 Å². The topological polar surface area (TPSA) is 63.9 Å². The van der Waals surface area contributed by atoms with E-state index in [-0.39, 0.29) is 5.91 Å². The van der Waals surface area contributed by atoms with Crippen LogP contribution in [0.4, 0.5) is 0 Å². The fraction of sp³-hybridized carbons (Fsp3) is 0.222. The van der Waals surface area contributed by atoms with E-state index in [9.17, 15) is 4.79 Å². The molecule has 1 saturated heterocycles. The number of likely N-dealkylation sites (tertiary alicyclic amines) is 1. The molecule has 0 atom stereocenters. The van der Waals surface area contributed by atoms with E-state index in [1.54, 1.807) is 29.2 Å². The number of pyridine rings is 1. The molecule has 1 fully saturated rings. The van der Waals surface area contributed by atoms with Gasteiger partial charge >= 0.3 is 0 Å². The zero-order valence-electron chi connectivity index (χ0n) is 13.5. The predicted octanol–water partition coefficient (Wildman–Crippen LogP) is 3.22. The van der Waals surface area contributed by atoms with Gasteiger partial charge in [-0.3, -0.25) is 9.78 Å². The quantitative estimate of drug-likeness (QED) is 0.725. The number of amides is 1. The molecular weight excluding hydrogens is 338 g/mol. The molecule has 1 amide bonds. The molecule has 0 bridgehead atoms. The maximum atomic E-state index is 12.9. The van der Waals surface area contributed by atoms with Crippen LogP contribution < -0.4 is 0 Å². The smallest absolute Gasteiger partial charge is 0.276 e. The van der Waals surface area contributed by atoms with Crippen LogP contribution in [0.25, 0.3) is 16.9 Å². The molecule has 3 heterocycles. The average molecular weight is 354 g/mol. The molecule has 126 valence electrons. The highest BCUT2D eigenvalue weighted by atomic mass is 35.5. The SMILES string of the molecule is O=C(c1nnn(-c2ccc(Cl)cc2)c1-c1cccnc1)N1CCCC1. The fourth-order valence-electron chi connectivity index (χ4n) is 3.02. The lowest BCUT2D eigenvalue weighted by molar-refractivity contribution is 0.0787. The third kappa shape index (κ3) is 3.00. The summed E-state index contributed by atoms with van der Waals surface area (Å²) in [5.74, 6) is -0.0865. The minimum Gasteiger partial charge on any atom is -0.337 e. The van der Waals surface area contributed by atoms with Gasteiger partial charge in [0.05, 0.1) is 5.69 Å². The lowest BCUT2D eigenvalue weighted by Gasteiger charge is -2.14. The van der Waals surface area contributed by atoms with Crippen LogP contribution in [0, 0.1) is 0 Å². The minimum absolute atomic E-state index is 0.0865. The van der Waals surface area contributed by atoms with E-state index in [2.05, 4.69) is 15.3 Å². The monoisotopic (exact) mass is 353 g/mol. The second kappa shape index (κ2) is 6.64. The first kappa shape index (κ1) is 15.8. The van der Waals surface area contributed by atoms with Gasteiger partial charge in [-0.25, -0.2) is 4.68 Å². The molecule has 0 N–H and O–H groups in total. The van der Waals surface area contributed by atoms with Gasteiger partial charge in [0.25, 0.3) is 5.91 Å². The van der Waals surface area contributed by atoms with Crippen molar-refractivity contribution >= 4 is 17.5 Å². The van der Waals surface area contributed by atoms with Gasteiger partial charge in [-0.15, -0.1) is 5.10 Å². The highest BCUT2D eigenvalue weighted by Crippen LogP contribution is 2.27. The molecule has 25 heavy (non-hydrogen) atoms. The molecule has 0 radical (unpaired) electrons. The first-order valence-electron chi connectivity index (χ1n) is 8.15. The van der Waals surface area contributed by atoms with Crippen LogP contribution in [0.3, 0.4) is 0 Å². The van der Waals surface area contributed by atoms with Crippen molar-refractivity contribution in [2.45, 2.75) is 12.8 Å². The molecule has 7 heteroatoms. The average Bonchev–Trinajstić information content (AvgIpc) is 3.32. The van der Waals surface area contributed by atoms with Crippen molar-refractivity contribution in [2.75, 3.05) is 13.1 Å². The third-order valence-corrected chi connectivity index (χ3v) is 4.52. The summed E-state index contributed by atoms with van der Waals surface area (Å²) in [5, 5.41) is 9.07. The van der Waals surface area contributed by atoms with Gasteiger partial charge < -0.3 is 4.90 Å². The van der Waals surface area contributed by atoms with E-state index in [1.165, 1.54) is 0 Å². The number of nitrogens with zero attached hydrogens (tertiary/aromatic N) is 5. The first-order chi connectivity index (χ1) is 12.2. The Kier molecular flexibility index (Phi) is 4.19. The Morgan fingerprint density at radius 3 is 2.52 bits per heavy atom.